The Labute approximate surface area is 289 Å². The van der Waals surface area contributed by atoms with Crippen molar-refractivity contribution in [3.05, 3.63) is 83.4 Å². The summed E-state index contributed by atoms with van der Waals surface area (Å²) in [6.07, 6.45) is 1.48. The molecule has 3 heterocycles. The van der Waals surface area contributed by atoms with Gasteiger partial charge in [-0.2, -0.15) is 4.31 Å². The van der Waals surface area contributed by atoms with Crippen molar-refractivity contribution in [1.82, 2.24) is 14.7 Å². The van der Waals surface area contributed by atoms with E-state index < -0.39 is 27.6 Å². The van der Waals surface area contributed by atoms with Gasteiger partial charge in [-0.3, -0.25) is 9.69 Å². The van der Waals surface area contributed by atoms with Crippen LogP contribution >= 0.6 is 0 Å². The van der Waals surface area contributed by atoms with Crippen LogP contribution in [0.15, 0.2) is 71.6 Å². The first-order valence-electron chi connectivity index (χ1n) is 17.0. The molecule has 3 aliphatic rings. The molecule has 3 aromatic rings. The number of ether oxygens (including phenoxy) is 3. The van der Waals surface area contributed by atoms with Crippen molar-refractivity contribution in [3.63, 3.8) is 0 Å². The van der Waals surface area contributed by atoms with Gasteiger partial charge < -0.3 is 24.0 Å². The molecule has 2 fully saturated rings. The van der Waals surface area contributed by atoms with E-state index in [1.807, 2.05) is 26.8 Å². The molecule has 2 amide bonds. The largest absolute Gasteiger partial charge is 0.497 e. The number of rotatable bonds is 9. The lowest BCUT2D eigenvalue weighted by Crippen LogP contribution is -2.55. The summed E-state index contributed by atoms with van der Waals surface area (Å²) in [4.78, 5) is 35.7. The summed E-state index contributed by atoms with van der Waals surface area (Å²) in [5.41, 5.74) is -0.637. The van der Waals surface area contributed by atoms with Crippen LogP contribution in [0.5, 0.6) is 11.5 Å². The Morgan fingerprint density at radius 2 is 1.59 bits per heavy atom. The predicted octanol–water partition coefficient (Wildman–Crippen LogP) is 5.04. The van der Waals surface area contributed by atoms with Gasteiger partial charge in [0.2, 0.25) is 5.60 Å². The van der Waals surface area contributed by atoms with Gasteiger partial charge in [0.25, 0.3) is 15.9 Å². The zero-order valence-electron chi connectivity index (χ0n) is 28.9. The summed E-state index contributed by atoms with van der Waals surface area (Å²) in [5.74, 6) is -0.0816. The van der Waals surface area contributed by atoms with E-state index in [1.54, 1.807) is 41.3 Å². The third-order valence-electron chi connectivity index (χ3n) is 9.95. The lowest BCUT2D eigenvalue weighted by Gasteiger charge is -2.42. The zero-order valence-corrected chi connectivity index (χ0v) is 29.7. The van der Waals surface area contributed by atoms with Crippen molar-refractivity contribution >= 4 is 27.7 Å². The monoisotopic (exact) mass is 690 g/mol. The fourth-order valence-electron chi connectivity index (χ4n) is 7.11. The van der Waals surface area contributed by atoms with Crippen LogP contribution < -0.4 is 13.8 Å². The van der Waals surface area contributed by atoms with Gasteiger partial charge in [-0.1, -0.05) is 38.1 Å². The molecular weight excluding hydrogens is 644 g/mol. The number of hydrogen-bond acceptors (Lipinski definition) is 9. The van der Waals surface area contributed by atoms with Gasteiger partial charge in [0.1, 0.15) is 11.5 Å². The molecule has 262 valence electrons. The van der Waals surface area contributed by atoms with E-state index in [4.69, 9.17) is 14.2 Å². The fourth-order valence-corrected chi connectivity index (χ4v) is 8.57. The van der Waals surface area contributed by atoms with E-state index in [0.717, 1.165) is 35.8 Å². The van der Waals surface area contributed by atoms with Gasteiger partial charge in [-0.05, 0) is 93.8 Å². The quantitative estimate of drug-likeness (QED) is 0.305. The topological polar surface area (TPSA) is 109 Å². The molecular formula is C37H46N4O7S. The normalized spacial score (nSPS) is 20.8. The molecule has 2 saturated heterocycles. The van der Waals surface area contributed by atoms with Gasteiger partial charge in [0.15, 0.2) is 0 Å². The van der Waals surface area contributed by atoms with Gasteiger partial charge in [-0.15, -0.1) is 0 Å². The standard InChI is InChI=1S/C37H46N4O7S/c1-6-47-34-10-8-7-9-31(34)37(48-36(43)40-23-21-39(22-24-40)28-17-19-38(4)20-18-28)32-25-27(26(2)3)11-16-33(32)41(35(37)42)49(44,45)30-14-12-29(46-5)13-15-30/h7-16,25-26,28H,6,17-24H2,1-5H3. The molecule has 11 nitrogen and oxygen atoms in total. The summed E-state index contributed by atoms with van der Waals surface area (Å²) in [5, 5.41) is 0. The van der Waals surface area contributed by atoms with Gasteiger partial charge in [0.05, 0.1) is 29.9 Å². The third-order valence-corrected chi connectivity index (χ3v) is 11.7. The van der Waals surface area contributed by atoms with Crippen molar-refractivity contribution in [2.24, 2.45) is 0 Å². The number of piperazine rings is 1. The van der Waals surface area contributed by atoms with Gasteiger partial charge >= 0.3 is 6.09 Å². The summed E-state index contributed by atoms with van der Waals surface area (Å²) in [6, 6.07) is 18.4. The van der Waals surface area contributed by atoms with Crippen molar-refractivity contribution in [2.75, 3.05) is 64.3 Å². The van der Waals surface area contributed by atoms with E-state index in [2.05, 4.69) is 16.8 Å². The predicted molar refractivity (Wildman–Crippen MR) is 187 cm³/mol. The van der Waals surface area contributed by atoms with Crippen LogP contribution in [0.4, 0.5) is 10.5 Å². The number of sulfonamides is 1. The number of amides is 2. The van der Waals surface area contributed by atoms with Crippen LogP contribution in [0.3, 0.4) is 0 Å². The third kappa shape index (κ3) is 6.37. The number of benzene rings is 3. The Morgan fingerprint density at radius 3 is 2.22 bits per heavy atom. The van der Waals surface area contributed by atoms with Gasteiger partial charge in [-0.25, -0.2) is 13.2 Å². The highest BCUT2D eigenvalue weighted by Gasteiger charge is 2.61. The van der Waals surface area contributed by atoms with Crippen LogP contribution in [0.25, 0.3) is 0 Å². The summed E-state index contributed by atoms with van der Waals surface area (Å²) >= 11 is 0. The average molecular weight is 691 g/mol. The van der Waals surface area contributed by atoms with Crippen LogP contribution in [-0.4, -0.2) is 101 Å². The van der Waals surface area contributed by atoms with Crippen molar-refractivity contribution in [3.8, 4) is 11.5 Å². The molecule has 0 saturated carbocycles. The molecule has 0 aliphatic carbocycles. The van der Waals surface area contributed by atoms with Crippen molar-refractivity contribution in [1.29, 1.82) is 0 Å². The molecule has 0 spiro atoms. The number of methoxy groups -OCH3 is 1. The minimum Gasteiger partial charge on any atom is -0.497 e. The molecule has 0 radical (unpaired) electrons. The smallest absolute Gasteiger partial charge is 0.411 e. The molecule has 12 heteroatoms. The van der Waals surface area contributed by atoms with Crippen LogP contribution in [0, 0.1) is 0 Å². The highest BCUT2D eigenvalue weighted by atomic mass is 32.2. The number of hydrogen-bond donors (Lipinski definition) is 0. The minimum atomic E-state index is -4.48. The van der Waals surface area contributed by atoms with Crippen LogP contribution in [0.1, 0.15) is 56.2 Å². The maximum absolute atomic E-state index is 15.1. The van der Waals surface area contributed by atoms with E-state index in [0.29, 0.717) is 43.7 Å². The second kappa shape index (κ2) is 14.0. The summed E-state index contributed by atoms with van der Waals surface area (Å²) in [7, 11) is -0.848. The Hall–Kier alpha value is -4.13. The van der Waals surface area contributed by atoms with E-state index >= 15 is 4.79 Å². The first-order valence-corrected chi connectivity index (χ1v) is 18.5. The van der Waals surface area contributed by atoms with Gasteiger partial charge in [0, 0.05) is 37.8 Å². The fraction of sp³-hybridized carbons (Fsp3) is 0.459. The number of likely N-dealkylation sites (tertiary alicyclic amines) is 1. The molecule has 1 atom stereocenters. The number of para-hydroxylation sites is 1. The highest BCUT2D eigenvalue weighted by molar-refractivity contribution is 7.93. The molecule has 1 unspecified atom stereocenters. The lowest BCUT2D eigenvalue weighted by molar-refractivity contribution is -0.132. The average Bonchev–Trinajstić information content (AvgIpc) is 3.36. The number of carbonyl (C=O) groups excluding carboxylic acids is 2. The molecule has 49 heavy (non-hydrogen) atoms. The molecule has 0 bridgehead atoms. The molecule has 0 aromatic heterocycles. The maximum Gasteiger partial charge on any atom is 0.411 e. The maximum atomic E-state index is 15.1. The van der Waals surface area contributed by atoms with E-state index in [9.17, 15) is 13.2 Å². The second-order valence-corrected chi connectivity index (χ2v) is 15.0. The van der Waals surface area contributed by atoms with E-state index in [-0.39, 0.29) is 34.2 Å². The SMILES string of the molecule is CCOc1ccccc1C1(OC(=O)N2CCN(C3CCN(C)CC3)CC2)C(=O)N(S(=O)(=O)c2ccc(OC)cc2)c2ccc(C(C)C)cc21. The molecule has 3 aliphatic heterocycles. The number of fused-ring (bicyclic) bond motifs is 1. The highest BCUT2D eigenvalue weighted by Crippen LogP contribution is 2.52. The minimum absolute atomic E-state index is 0.0378. The Balaban J connectivity index is 1.44. The molecule has 0 N–H and O–H groups in total. The zero-order chi connectivity index (χ0) is 34.9. The van der Waals surface area contributed by atoms with Crippen LogP contribution in [-0.2, 0) is 25.2 Å². The number of piperidine rings is 1. The Kier molecular flexibility index (Phi) is 9.93. The number of anilines is 1. The Bertz CT molecular complexity index is 1780. The number of nitrogens with zero attached hydrogens (tertiary/aromatic N) is 4. The van der Waals surface area contributed by atoms with E-state index in [1.165, 1.54) is 31.4 Å². The van der Waals surface area contributed by atoms with Crippen molar-refractivity contribution < 1.29 is 32.2 Å². The first-order chi connectivity index (χ1) is 23.5. The Morgan fingerprint density at radius 1 is 0.918 bits per heavy atom. The second-order valence-electron chi connectivity index (χ2n) is 13.2. The molecule has 6 rings (SSSR count). The lowest BCUT2D eigenvalue weighted by atomic mass is 9.84. The van der Waals surface area contributed by atoms with Crippen LogP contribution in [0.2, 0.25) is 0 Å². The molecule has 3 aromatic carbocycles. The number of carbonyl (C=O) groups is 2. The van der Waals surface area contributed by atoms with Crippen molar-refractivity contribution in [2.45, 2.75) is 56.1 Å². The summed E-state index contributed by atoms with van der Waals surface area (Å²) < 4.78 is 47.4. The summed E-state index contributed by atoms with van der Waals surface area (Å²) in [6.45, 7) is 10.4. The first kappa shape index (κ1) is 34.7.